The van der Waals surface area contributed by atoms with E-state index in [2.05, 4.69) is 31.2 Å². The number of aryl methyl sites for hydroxylation is 1. The Balaban J connectivity index is 2.13. The van der Waals surface area contributed by atoms with E-state index >= 15 is 0 Å². The maximum absolute atomic E-state index is 5.77. The molecule has 3 heteroatoms. The van der Waals surface area contributed by atoms with Gasteiger partial charge in [0.15, 0.2) is 0 Å². The molecule has 1 atom stereocenters. The largest absolute Gasteiger partial charge is 0.468 e. The van der Waals surface area contributed by atoms with E-state index in [0.717, 1.165) is 5.76 Å². The molecule has 2 nitrogen and oxygen atoms in total. The first-order valence-corrected chi connectivity index (χ1v) is 6.14. The molecule has 0 saturated carbocycles. The zero-order valence-corrected chi connectivity index (χ0v) is 10.0. The lowest BCUT2D eigenvalue weighted by atomic mass is 10.2. The van der Waals surface area contributed by atoms with Crippen LogP contribution in [0.1, 0.15) is 16.6 Å². The van der Waals surface area contributed by atoms with Gasteiger partial charge in [0.05, 0.1) is 11.5 Å². The highest BCUT2D eigenvalue weighted by Crippen LogP contribution is 2.34. The SMILES string of the molecule is Cc1cccc(SC(CN)c2ccco2)c1. The van der Waals surface area contributed by atoms with Crippen LogP contribution in [-0.2, 0) is 0 Å². The predicted octanol–water partition coefficient (Wildman–Crippen LogP) is 3.38. The van der Waals surface area contributed by atoms with Crippen LogP contribution in [0.5, 0.6) is 0 Å². The van der Waals surface area contributed by atoms with Crippen LogP contribution in [0.15, 0.2) is 52.0 Å². The molecule has 2 N–H and O–H groups in total. The van der Waals surface area contributed by atoms with Gasteiger partial charge in [-0.3, -0.25) is 0 Å². The molecule has 1 unspecified atom stereocenters. The van der Waals surface area contributed by atoms with Gasteiger partial charge in [-0.2, -0.15) is 0 Å². The minimum absolute atomic E-state index is 0.191. The molecule has 84 valence electrons. The van der Waals surface area contributed by atoms with Crippen molar-refractivity contribution < 1.29 is 4.42 Å². The van der Waals surface area contributed by atoms with Gasteiger partial charge in [-0.15, -0.1) is 11.8 Å². The molecule has 2 aromatic rings. The highest BCUT2D eigenvalue weighted by Gasteiger charge is 2.13. The Morgan fingerprint density at radius 2 is 2.19 bits per heavy atom. The van der Waals surface area contributed by atoms with Crippen LogP contribution in [0.25, 0.3) is 0 Å². The van der Waals surface area contributed by atoms with Crippen LogP contribution in [0.2, 0.25) is 0 Å². The van der Waals surface area contributed by atoms with Crippen LogP contribution in [0, 0.1) is 6.92 Å². The monoisotopic (exact) mass is 233 g/mol. The van der Waals surface area contributed by atoms with Crippen molar-refractivity contribution in [2.24, 2.45) is 5.73 Å². The summed E-state index contributed by atoms with van der Waals surface area (Å²) in [5.41, 5.74) is 7.03. The number of nitrogens with two attached hydrogens (primary N) is 1. The summed E-state index contributed by atoms with van der Waals surface area (Å²) in [6.45, 7) is 2.67. The van der Waals surface area contributed by atoms with E-state index in [1.807, 2.05) is 12.1 Å². The highest BCUT2D eigenvalue weighted by molar-refractivity contribution is 7.99. The molecule has 0 radical (unpaired) electrons. The summed E-state index contributed by atoms with van der Waals surface area (Å²) in [6.07, 6.45) is 1.69. The van der Waals surface area contributed by atoms with E-state index in [1.165, 1.54) is 10.5 Å². The molecular formula is C13H15NOS. The average Bonchev–Trinajstić information content (AvgIpc) is 2.79. The fourth-order valence-corrected chi connectivity index (χ4v) is 2.64. The number of furan rings is 1. The van der Waals surface area contributed by atoms with Crippen molar-refractivity contribution in [3.05, 3.63) is 54.0 Å². The van der Waals surface area contributed by atoms with Crippen molar-refractivity contribution in [2.45, 2.75) is 17.1 Å². The van der Waals surface area contributed by atoms with Gasteiger partial charge in [0.25, 0.3) is 0 Å². The molecule has 16 heavy (non-hydrogen) atoms. The maximum atomic E-state index is 5.77. The molecule has 1 aromatic carbocycles. The Kier molecular flexibility index (Phi) is 3.70. The van der Waals surface area contributed by atoms with Gasteiger partial charge in [0.1, 0.15) is 5.76 Å². The molecule has 0 aliphatic rings. The van der Waals surface area contributed by atoms with E-state index in [1.54, 1.807) is 18.0 Å². The van der Waals surface area contributed by atoms with Gasteiger partial charge >= 0.3 is 0 Å². The first-order valence-electron chi connectivity index (χ1n) is 5.26. The van der Waals surface area contributed by atoms with Gasteiger partial charge in [0.2, 0.25) is 0 Å². The molecule has 0 aliphatic heterocycles. The molecule has 0 amide bonds. The van der Waals surface area contributed by atoms with Gasteiger partial charge in [-0.1, -0.05) is 17.7 Å². The Morgan fingerprint density at radius 1 is 1.31 bits per heavy atom. The van der Waals surface area contributed by atoms with E-state index in [9.17, 15) is 0 Å². The molecule has 0 saturated heterocycles. The smallest absolute Gasteiger partial charge is 0.118 e. The second kappa shape index (κ2) is 5.23. The van der Waals surface area contributed by atoms with Crippen LogP contribution in [0.3, 0.4) is 0 Å². The number of hydrogen-bond acceptors (Lipinski definition) is 3. The summed E-state index contributed by atoms with van der Waals surface area (Å²) in [7, 11) is 0. The molecule has 0 bridgehead atoms. The highest BCUT2D eigenvalue weighted by atomic mass is 32.2. The maximum Gasteiger partial charge on any atom is 0.118 e. The van der Waals surface area contributed by atoms with Crippen molar-refractivity contribution in [2.75, 3.05) is 6.54 Å². The Labute approximate surface area is 99.8 Å². The quantitative estimate of drug-likeness (QED) is 0.823. The lowest BCUT2D eigenvalue weighted by Gasteiger charge is -2.11. The standard InChI is InChI=1S/C13H15NOS/c1-10-4-2-5-11(8-10)16-13(9-14)12-6-3-7-15-12/h2-8,13H,9,14H2,1H3. The van der Waals surface area contributed by atoms with Crippen LogP contribution in [-0.4, -0.2) is 6.54 Å². The van der Waals surface area contributed by atoms with Crippen LogP contribution >= 0.6 is 11.8 Å². The number of rotatable bonds is 4. The van der Waals surface area contributed by atoms with Crippen LogP contribution in [0.4, 0.5) is 0 Å². The summed E-state index contributed by atoms with van der Waals surface area (Å²) in [4.78, 5) is 1.23. The van der Waals surface area contributed by atoms with Gasteiger partial charge in [0, 0.05) is 11.4 Å². The van der Waals surface area contributed by atoms with E-state index in [4.69, 9.17) is 10.2 Å². The van der Waals surface area contributed by atoms with E-state index < -0.39 is 0 Å². The summed E-state index contributed by atoms with van der Waals surface area (Å²) in [5, 5.41) is 0.191. The molecule has 0 aliphatic carbocycles. The summed E-state index contributed by atoms with van der Waals surface area (Å²) < 4.78 is 5.39. The van der Waals surface area contributed by atoms with E-state index in [0.29, 0.717) is 6.54 Å². The lowest BCUT2D eigenvalue weighted by Crippen LogP contribution is -2.08. The minimum Gasteiger partial charge on any atom is -0.468 e. The summed E-state index contributed by atoms with van der Waals surface area (Å²) in [6, 6.07) is 12.3. The van der Waals surface area contributed by atoms with Gasteiger partial charge in [-0.05, 0) is 31.2 Å². The molecule has 1 heterocycles. The van der Waals surface area contributed by atoms with Crippen molar-refractivity contribution in [3.63, 3.8) is 0 Å². The average molecular weight is 233 g/mol. The first-order chi connectivity index (χ1) is 7.79. The summed E-state index contributed by atoms with van der Waals surface area (Å²) >= 11 is 1.74. The molecule has 0 fully saturated rings. The van der Waals surface area contributed by atoms with Crippen LogP contribution < -0.4 is 5.73 Å². The first kappa shape index (κ1) is 11.3. The zero-order valence-electron chi connectivity index (χ0n) is 9.22. The molecule has 0 spiro atoms. The fraction of sp³-hybridized carbons (Fsp3) is 0.231. The van der Waals surface area contributed by atoms with Gasteiger partial charge in [-0.25, -0.2) is 0 Å². The molecule has 2 rings (SSSR count). The van der Waals surface area contributed by atoms with Crippen molar-refractivity contribution in [3.8, 4) is 0 Å². The number of thioether (sulfide) groups is 1. The minimum atomic E-state index is 0.191. The van der Waals surface area contributed by atoms with Crippen molar-refractivity contribution in [1.29, 1.82) is 0 Å². The second-order valence-electron chi connectivity index (χ2n) is 3.67. The zero-order chi connectivity index (χ0) is 11.4. The topological polar surface area (TPSA) is 39.2 Å². The third kappa shape index (κ3) is 2.68. The van der Waals surface area contributed by atoms with Crippen molar-refractivity contribution >= 4 is 11.8 Å². The Bertz CT molecular complexity index is 439. The van der Waals surface area contributed by atoms with Gasteiger partial charge < -0.3 is 10.2 Å². The predicted molar refractivity (Wildman–Crippen MR) is 67.5 cm³/mol. The third-order valence-electron chi connectivity index (χ3n) is 2.34. The number of benzene rings is 1. The third-order valence-corrected chi connectivity index (χ3v) is 3.58. The molecular weight excluding hydrogens is 218 g/mol. The normalized spacial score (nSPS) is 12.6. The Hall–Kier alpha value is -1.19. The van der Waals surface area contributed by atoms with Crippen molar-refractivity contribution in [1.82, 2.24) is 0 Å². The molecule has 1 aromatic heterocycles. The van der Waals surface area contributed by atoms with E-state index in [-0.39, 0.29) is 5.25 Å². The fourth-order valence-electron chi connectivity index (χ4n) is 1.55. The summed E-state index contributed by atoms with van der Waals surface area (Å²) in [5.74, 6) is 0.939. The lowest BCUT2D eigenvalue weighted by molar-refractivity contribution is 0.507. The number of hydrogen-bond donors (Lipinski definition) is 1. The Morgan fingerprint density at radius 3 is 2.81 bits per heavy atom. The second-order valence-corrected chi connectivity index (χ2v) is 4.95.